The van der Waals surface area contributed by atoms with Crippen LogP contribution in [0.5, 0.6) is 0 Å². The highest BCUT2D eigenvalue weighted by molar-refractivity contribution is 6.00. The lowest BCUT2D eigenvalue weighted by atomic mass is 9.92. The van der Waals surface area contributed by atoms with Gasteiger partial charge in [0, 0.05) is 56.4 Å². The highest BCUT2D eigenvalue weighted by atomic mass is 16.2. The number of H-pyrrole nitrogens is 1. The second kappa shape index (κ2) is 7.06. The summed E-state index contributed by atoms with van der Waals surface area (Å²) in [5.41, 5.74) is 3.20. The first-order chi connectivity index (χ1) is 14.1. The van der Waals surface area contributed by atoms with Crippen molar-refractivity contribution < 1.29 is 9.59 Å². The number of carbonyl (C=O) groups is 2. The normalized spacial score (nSPS) is 20.7. The van der Waals surface area contributed by atoms with Crippen LogP contribution in [0.15, 0.2) is 42.7 Å². The Morgan fingerprint density at radius 2 is 2.00 bits per heavy atom. The van der Waals surface area contributed by atoms with Crippen molar-refractivity contribution in [2.75, 3.05) is 24.5 Å². The van der Waals surface area contributed by atoms with E-state index in [0.29, 0.717) is 12.5 Å². The number of anilines is 1. The zero-order chi connectivity index (χ0) is 20.0. The average Bonchev–Trinajstić information content (AvgIpc) is 3.45. The summed E-state index contributed by atoms with van der Waals surface area (Å²) >= 11 is 0. The number of aryl methyl sites for hydroxylation is 1. The molecular weight excluding hydrogens is 366 g/mol. The number of likely N-dealkylation sites (tertiary alicyclic amines) is 1. The minimum atomic E-state index is -0.257. The summed E-state index contributed by atoms with van der Waals surface area (Å²) < 4.78 is 1.67. The molecule has 1 aromatic carbocycles. The molecule has 1 unspecified atom stereocenters. The minimum Gasteiger partial charge on any atom is -0.358 e. The molecule has 2 aliphatic rings. The number of piperidine rings is 1. The topological polar surface area (TPSA) is 74.2 Å². The summed E-state index contributed by atoms with van der Waals surface area (Å²) in [6, 6.07) is 10.6. The van der Waals surface area contributed by atoms with Crippen LogP contribution in [0.3, 0.4) is 0 Å². The molecule has 7 heteroatoms. The van der Waals surface area contributed by atoms with E-state index < -0.39 is 0 Å². The third-order valence-electron chi connectivity index (χ3n) is 6.27. The molecule has 150 valence electrons. The van der Waals surface area contributed by atoms with E-state index in [1.165, 1.54) is 16.6 Å². The number of carbonyl (C=O) groups excluding carboxylic acids is 2. The highest BCUT2D eigenvalue weighted by Crippen LogP contribution is 2.32. The SMILES string of the molecule is Cn1cc(N2CC(C(=O)N3CCC(c4cc5ccccc5[nH]4)CC3)CC2=O)cn1. The van der Waals surface area contributed by atoms with Crippen LogP contribution in [-0.2, 0) is 16.6 Å². The maximum absolute atomic E-state index is 13.0. The first-order valence-electron chi connectivity index (χ1n) is 10.2. The van der Waals surface area contributed by atoms with Gasteiger partial charge >= 0.3 is 0 Å². The number of nitrogens with one attached hydrogen (secondary N) is 1. The molecule has 4 heterocycles. The van der Waals surface area contributed by atoms with E-state index in [1.54, 1.807) is 15.8 Å². The van der Waals surface area contributed by atoms with Gasteiger partial charge < -0.3 is 14.8 Å². The van der Waals surface area contributed by atoms with Crippen molar-refractivity contribution in [2.24, 2.45) is 13.0 Å². The molecule has 29 heavy (non-hydrogen) atoms. The van der Waals surface area contributed by atoms with Crippen molar-refractivity contribution in [2.45, 2.75) is 25.2 Å². The van der Waals surface area contributed by atoms with Crippen LogP contribution in [-0.4, -0.2) is 51.1 Å². The predicted octanol–water partition coefficient (Wildman–Crippen LogP) is 2.66. The van der Waals surface area contributed by atoms with Crippen molar-refractivity contribution in [1.82, 2.24) is 19.7 Å². The zero-order valence-corrected chi connectivity index (χ0v) is 16.5. The van der Waals surface area contributed by atoms with Crippen LogP contribution in [0.4, 0.5) is 5.69 Å². The van der Waals surface area contributed by atoms with E-state index in [-0.39, 0.29) is 24.2 Å². The monoisotopic (exact) mass is 391 g/mol. The van der Waals surface area contributed by atoms with Crippen LogP contribution in [0.25, 0.3) is 10.9 Å². The molecule has 1 atom stereocenters. The van der Waals surface area contributed by atoms with Gasteiger partial charge in [-0.2, -0.15) is 5.10 Å². The van der Waals surface area contributed by atoms with Gasteiger partial charge in [-0.25, -0.2) is 0 Å². The molecule has 0 aliphatic carbocycles. The van der Waals surface area contributed by atoms with Crippen LogP contribution in [0.1, 0.15) is 30.9 Å². The number of hydrogen-bond donors (Lipinski definition) is 1. The molecule has 3 aromatic rings. The van der Waals surface area contributed by atoms with Crippen molar-refractivity contribution >= 4 is 28.4 Å². The fraction of sp³-hybridized carbons (Fsp3) is 0.409. The van der Waals surface area contributed by atoms with Gasteiger partial charge in [0.05, 0.1) is 17.8 Å². The van der Waals surface area contributed by atoms with Crippen LogP contribution in [0, 0.1) is 5.92 Å². The van der Waals surface area contributed by atoms with Crippen LogP contribution < -0.4 is 4.90 Å². The second-order valence-corrected chi connectivity index (χ2v) is 8.19. The van der Waals surface area contributed by atoms with Gasteiger partial charge in [-0.15, -0.1) is 0 Å². The van der Waals surface area contributed by atoms with Gasteiger partial charge in [-0.3, -0.25) is 14.3 Å². The molecule has 2 saturated heterocycles. The Bertz CT molecular complexity index is 1030. The van der Waals surface area contributed by atoms with Gasteiger partial charge in [-0.05, 0) is 30.4 Å². The van der Waals surface area contributed by atoms with Gasteiger partial charge in [0.2, 0.25) is 11.8 Å². The van der Waals surface area contributed by atoms with Gasteiger partial charge in [0.1, 0.15) is 0 Å². The van der Waals surface area contributed by atoms with Gasteiger partial charge in [0.25, 0.3) is 0 Å². The van der Waals surface area contributed by atoms with Gasteiger partial charge in [-0.1, -0.05) is 18.2 Å². The van der Waals surface area contributed by atoms with Crippen molar-refractivity contribution in [3.63, 3.8) is 0 Å². The van der Waals surface area contributed by atoms with E-state index >= 15 is 0 Å². The maximum Gasteiger partial charge on any atom is 0.228 e. The fourth-order valence-corrected chi connectivity index (χ4v) is 4.66. The van der Waals surface area contributed by atoms with E-state index in [0.717, 1.165) is 31.6 Å². The Morgan fingerprint density at radius 3 is 2.72 bits per heavy atom. The summed E-state index contributed by atoms with van der Waals surface area (Å²) in [4.78, 5) is 32.6. The van der Waals surface area contributed by atoms with Crippen LogP contribution >= 0.6 is 0 Å². The van der Waals surface area contributed by atoms with Crippen molar-refractivity contribution in [3.05, 3.63) is 48.4 Å². The Kier molecular flexibility index (Phi) is 4.38. The Balaban J connectivity index is 1.22. The first-order valence-corrected chi connectivity index (χ1v) is 10.2. The predicted molar refractivity (Wildman–Crippen MR) is 111 cm³/mol. The van der Waals surface area contributed by atoms with E-state index in [1.807, 2.05) is 24.2 Å². The van der Waals surface area contributed by atoms with Gasteiger partial charge in [0.15, 0.2) is 0 Å². The lowest BCUT2D eigenvalue weighted by molar-refractivity contribution is -0.136. The average molecular weight is 391 g/mol. The third kappa shape index (κ3) is 3.30. The lowest BCUT2D eigenvalue weighted by Crippen LogP contribution is -2.42. The number of benzene rings is 1. The second-order valence-electron chi connectivity index (χ2n) is 8.19. The van der Waals surface area contributed by atoms with E-state index in [9.17, 15) is 9.59 Å². The summed E-state index contributed by atoms with van der Waals surface area (Å²) in [6.45, 7) is 1.94. The number of nitrogens with zero attached hydrogens (tertiary/aromatic N) is 4. The quantitative estimate of drug-likeness (QED) is 0.746. The lowest BCUT2D eigenvalue weighted by Gasteiger charge is -2.33. The number of aromatic nitrogens is 3. The van der Waals surface area contributed by atoms with E-state index in [2.05, 4.69) is 34.3 Å². The number of amides is 2. The van der Waals surface area contributed by atoms with Crippen molar-refractivity contribution in [1.29, 1.82) is 0 Å². The zero-order valence-electron chi connectivity index (χ0n) is 16.5. The standard InChI is InChI=1S/C22H25N5O2/c1-25-14-18(12-23-25)27-13-17(11-21(27)28)22(29)26-8-6-15(7-9-26)20-10-16-4-2-3-5-19(16)24-20/h2-5,10,12,14-15,17,24H,6-9,11,13H2,1H3. The molecule has 0 bridgehead atoms. The molecule has 2 aliphatic heterocycles. The summed E-state index contributed by atoms with van der Waals surface area (Å²) in [5, 5.41) is 5.37. The highest BCUT2D eigenvalue weighted by Gasteiger charge is 2.38. The Hall–Kier alpha value is -3.09. The summed E-state index contributed by atoms with van der Waals surface area (Å²) in [7, 11) is 1.82. The number of fused-ring (bicyclic) bond motifs is 1. The fourth-order valence-electron chi connectivity index (χ4n) is 4.66. The number of hydrogen-bond acceptors (Lipinski definition) is 3. The molecule has 0 saturated carbocycles. The Labute approximate surface area is 169 Å². The molecule has 2 aromatic heterocycles. The maximum atomic E-state index is 13.0. The minimum absolute atomic E-state index is 0.00399. The van der Waals surface area contributed by atoms with Crippen LogP contribution in [0.2, 0.25) is 0 Å². The number of rotatable bonds is 3. The molecule has 7 nitrogen and oxygen atoms in total. The largest absolute Gasteiger partial charge is 0.358 e. The molecule has 0 radical (unpaired) electrons. The van der Waals surface area contributed by atoms with Crippen molar-refractivity contribution in [3.8, 4) is 0 Å². The third-order valence-corrected chi connectivity index (χ3v) is 6.27. The summed E-state index contributed by atoms with van der Waals surface area (Å²) in [6.07, 6.45) is 5.68. The molecular formula is C22H25N5O2. The smallest absolute Gasteiger partial charge is 0.228 e. The Morgan fingerprint density at radius 1 is 1.21 bits per heavy atom. The first kappa shape index (κ1) is 18.0. The summed E-state index contributed by atoms with van der Waals surface area (Å²) in [5.74, 6) is 0.306. The number of aromatic amines is 1. The molecule has 5 rings (SSSR count). The molecule has 2 fully saturated rings. The van der Waals surface area contributed by atoms with E-state index in [4.69, 9.17) is 0 Å². The molecule has 2 amide bonds. The number of para-hydroxylation sites is 1. The molecule has 0 spiro atoms. The molecule has 1 N–H and O–H groups in total.